The molecule has 2 aliphatic rings. The molecule has 2 aliphatic heterocycles. The minimum Gasteiger partial charge on any atom is -0.479 e. The SMILES string of the molecule is COc1ncnc(OC)c1-n1c(NS(=O)(=O)C2CC(OC(C)C)CN(c3ncc(F)cn3)C2)nnc1[C@H]1COCCO1. The summed E-state index contributed by atoms with van der Waals surface area (Å²) in [6.45, 7) is 4.93. The minimum atomic E-state index is -4.16. The van der Waals surface area contributed by atoms with Gasteiger partial charge in [0.15, 0.2) is 17.3 Å². The summed E-state index contributed by atoms with van der Waals surface area (Å²) in [7, 11) is -1.35. The second kappa shape index (κ2) is 12.6. The van der Waals surface area contributed by atoms with Gasteiger partial charge in [-0.3, -0.25) is 9.29 Å². The number of piperidine rings is 1. The first-order valence-corrected chi connectivity index (χ1v) is 14.7. The topological polar surface area (TPSA) is 178 Å². The maximum atomic E-state index is 14.0. The molecular weight excluding hydrogens is 577 g/mol. The van der Waals surface area contributed by atoms with Crippen LogP contribution in [0.2, 0.25) is 0 Å². The zero-order chi connectivity index (χ0) is 29.9. The standard InChI is InChI=1S/C24H32FN9O7S/c1-14(2)41-16-7-17(11-33(10-16)23-26-8-15(25)9-27-23)42(35,36)32-24-31-30-20(18-12-39-5-6-40-18)34(24)19-21(37-3)28-13-29-22(19)38-4/h8-9,13-14,16-18H,5-7,10-12H2,1-4H3,(H,31,32)/t16?,17?,18-/m1/s1. The van der Waals surface area contributed by atoms with Crippen molar-refractivity contribution >= 4 is 21.9 Å². The fourth-order valence-electron chi connectivity index (χ4n) is 4.83. The van der Waals surface area contributed by atoms with Gasteiger partial charge >= 0.3 is 0 Å². The van der Waals surface area contributed by atoms with E-state index in [1.807, 2.05) is 13.8 Å². The highest BCUT2D eigenvalue weighted by atomic mass is 32.2. The third-order valence-corrected chi connectivity index (χ3v) is 8.24. The number of ether oxygens (including phenoxy) is 5. The molecule has 0 saturated carbocycles. The smallest absolute Gasteiger partial charge is 0.245 e. The number of halogens is 1. The quantitative estimate of drug-likeness (QED) is 0.343. The highest BCUT2D eigenvalue weighted by Gasteiger charge is 2.39. The molecule has 0 spiro atoms. The second-order valence-electron chi connectivity index (χ2n) is 9.81. The van der Waals surface area contributed by atoms with E-state index in [4.69, 9.17) is 23.7 Å². The Balaban J connectivity index is 1.53. The van der Waals surface area contributed by atoms with Crippen molar-refractivity contribution in [3.63, 3.8) is 0 Å². The number of anilines is 2. The van der Waals surface area contributed by atoms with Crippen LogP contribution in [-0.4, -0.2) is 108 Å². The van der Waals surface area contributed by atoms with Crippen molar-refractivity contribution in [3.8, 4) is 17.4 Å². The maximum absolute atomic E-state index is 14.0. The Kier molecular flexibility index (Phi) is 8.95. The van der Waals surface area contributed by atoms with E-state index in [1.165, 1.54) is 25.1 Å². The van der Waals surface area contributed by atoms with Gasteiger partial charge in [-0.1, -0.05) is 0 Å². The molecule has 2 fully saturated rings. The zero-order valence-corrected chi connectivity index (χ0v) is 24.3. The van der Waals surface area contributed by atoms with Crippen LogP contribution in [0.15, 0.2) is 18.7 Å². The molecule has 0 radical (unpaired) electrons. The average Bonchev–Trinajstić information content (AvgIpc) is 3.39. The Morgan fingerprint density at radius 2 is 1.76 bits per heavy atom. The summed E-state index contributed by atoms with van der Waals surface area (Å²) in [4.78, 5) is 18.0. The summed E-state index contributed by atoms with van der Waals surface area (Å²) in [6, 6.07) is 0. The lowest BCUT2D eigenvalue weighted by molar-refractivity contribution is -0.0941. The molecule has 2 unspecified atom stereocenters. The molecular formula is C24H32FN9O7S. The Bertz CT molecular complexity index is 1450. The van der Waals surface area contributed by atoms with Crippen molar-refractivity contribution in [2.75, 3.05) is 56.8 Å². The molecule has 1 N–H and O–H groups in total. The Morgan fingerprint density at radius 3 is 2.38 bits per heavy atom. The number of aromatic nitrogens is 7. The average molecular weight is 610 g/mol. The number of rotatable bonds is 10. The van der Waals surface area contributed by atoms with E-state index in [0.29, 0.717) is 19.8 Å². The fourth-order valence-corrected chi connectivity index (χ4v) is 6.22. The van der Waals surface area contributed by atoms with Gasteiger partial charge in [-0.05, 0) is 20.3 Å². The zero-order valence-electron chi connectivity index (χ0n) is 23.5. The molecule has 228 valence electrons. The van der Waals surface area contributed by atoms with Gasteiger partial charge in [-0.2, -0.15) is 9.97 Å². The molecule has 5 rings (SSSR count). The third-order valence-electron chi connectivity index (χ3n) is 6.56. The van der Waals surface area contributed by atoms with Crippen LogP contribution in [0.3, 0.4) is 0 Å². The predicted molar refractivity (Wildman–Crippen MR) is 145 cm³/mol. The van der Waals surface area contributed by atoms with Gasteiger partial charge in [0.2, 0.25) is 33.7 Å². The molecule has 3 atom stereocenters. The Morgan fingerprint density at radius 1 is 1.05 bits per heavy atom. The number of hydrogen-bond donors (Lipinski definition) is 1. The van der Waals surface area contributed by atoms with Gasteiger partial charge in [0.1, 0.15) is 17.7 Å². The Labute approximate surface area is 241 Å². The van der Waals surface area contributed by atoms with Gasteiger partial charge in [0.05, 0.1) is 58.6 Å². The molecule has 3 aromatic rings. The number of nitrogens with zero attached hydrogens (tertiary/aromatic N) is 8. The lowest BCUT2D eigenvalue weighted by Crippen LogP contribution is -2.51. The molecule has 16 nitrogen and oxygen atoms in total. The van der Waals surface area contributed by atoms with Crippen molar-refractivity contribution in [1.29, 1.82) is 0 Å². The molecule has 2 saturated heterocycles. The summed E-state index contributed by atoms with van der Waals surface area (Å²) < 4.78 is 73.7. The van der Waals surface area contributed by atoms with Crippen LogP contribution >= 0.6 is 0 Å². The molecule has 42 heavy (non-hydrogen) atoms. The molecule has 0 aromatic carbocycles. The maximum Gasteiger partial charge on any atom is 0.245 e. The van der Waals surface area contributed by atoms with E-state index >= 15 is 0 Å². The first-order chi connectivity index (χ1) is 20.2. The number of methoxy groups -OCH3 is 2. The van der Waals surface area contributed by atoms with Crippen LogP contribution in [0.4, 0.5) is 16.3 Å². The predicted octanol–water partition coefficient (Wildman–Crippen LogP) is 0.906. The first-order valence-electron chi connectivity index (χ1n) is 13.2. The van der Waals surface area contributed by atoms with Gasteiger partial charge < -0.3 is 28.6 Å². The molecule has 0 amide bonds. The summed E-state index contributed by atoms with van der Waals surface area (Å²) in [5.74, 6) is -0.184. The largest absolute Gasteiger partial charge is 0.479 e. The fraction of sp³-hybridized carbons (Fsp3) is 0.583. The normalized spacial score (nSPS) is 21.4. The lowest BCUT2D eigenvalue weighted by atomic mass is 10.1. The molecule has 0 aliphatic carbocycles. The molecule has 5 heterocycles. The van der Waals surface area contributed by atoms with Crippen LogP contribution in [-0.2, 0) is 24.2 Å². The second-order valence-corrected chi connectivity index (χ2v) is 11.8. The Hall–Kier alpha value is -3.74. The van der Waals surface area contributed by atoms with Crippen molar-refractivity contribution in [3.05, 3.63) is 30.4 Å². The molecule has 0 bridgehead atoms. The van der Waals surface area contributed by atoms with Crippen LogP contribution < -0.4 is 19.1 Å². The van der Waals surface area contributed by atoms with Crippen molar-refractivity contribution in [1.82, 2.24) is 34.7 Å². The molecule has 3 aromatic heterocycles. The van der Waals surface area contributed by atoms with Crippen molar-refractivity contribution in [2.24, 2.45) is 0 Å². The molecule has 18 heteroatoms. The number of sulfonamides is 1. The highest BCUT2D eigenvalue weighted by Crippen LogP contribution is 2.35. The summed E-state index contributed by atoms with van der Waals surface area (Å²) in [6.07, 6.45) is 2.16. The van der Waals surface area contributed by atoms with Crippen LogP contribution in [0.5, 0.6) is 11.8 Å². The highest BCUT2D eigenvalue weighted by molar-refractivity contribution is 7.93. The van der Waals surface area contributed by atoms with E-state index in [-0.39, 0.29) is 60.8 Å². The van der Waals surface area contributed by atoms with E-state index in [0.717, 1.165) is 12.4 Å². The van der Waals surface area contributed by atoms with Crippen LogP contribution in [0.1, 0.15) is 32.2 Å². The van der Waals surface area contributed by atoms with Gasteiger partial charge in [0.25, 0.3) is 0 Å². The van der Waals surface area contributed by atoms with Crippen LogP contribution in [0, 0.1) is 5.82 Å². The summed E-state index contributed by atoms with van der Waals surface area (Å²) in [5, 5.41) is 7.41. The van der Waals surface area contributed by atoms with E-state index < -0.39 is 33.3 Å². The van der Waals surface area contributed by atoms with Gasteiger partial charge in [-0.25, -0.2) is 22.8 Å². The minimum absolute atomic E-state index is 0.0145. The number of hydrogen-bond acceptors (Lipinski definition) is 14. The van der Waals surface area contributed by atoms with Crippen molar-refractivity contribution < 1.29 is 36.5 Å². The third kappa shape index (κ3) is 6.35. The first kappa shape index (κ1) is 29.7. The monoisotopic (exact) mass is 609 g/mol. The lowest BCUT2D eigenvalue weighted by Gasteiger charge is -2.37. The number of nitrogens with one attached hydrogen (secondary N) is 1. The summed E-state index contributed by atoms with van der Waals surface area (Å²) >= 11 is 0. The van der Waals surface area contributed by atoms with Crippen LogP contribution in [0.25, 0.3) is 5.69 Å². The van der Waals surface area contributed by atoms with E-state index in [1.54, 1.807) is 4.90 Å². The summed E-state index contributed by atoms with van der Waals surface area (Å²) in [5.41, 5.74) is 0.167. The van der Waals surface area contributed by atoms with Gasteiger partial charge in [0, 0.05) is 13.1 Å². The van der Waals surface area contributed by atoms with E-state index in [2.05, 4.69) is 34.9 Å². The van der Waals surface area contributed by atoms with Gasteiger partial charge in [-0.15, -0.1) is 10.2 Å². The van der Waals surface area contributed by atoms with Crippen molar-refractivity contribution in [2.45, 2.75) is 43.8 Å². The van der Waals surface area contributed by atoms with E-state index in [9.17, 15) is 12.8 Å².